The molecule has 0 heterocycles. The van der Waals surface area contributed by atoms with Crippen LogP contribution in [-0.2, 0) is 4.79 Å². The zero-order valence-electron chi connectivity index (χ0n) is 7.08. The van der Waals surface area contributed by atoms with Crippen LogP contribution in [0.25, 0.3) is 0 Å². The maximum atomic E-state index is 13.1. The minimum atomic E-state index is -0.870. The normalized spacial score (nSPS) is 8.64. The van der Waals surface area contributed by atoms with Crippen molar-refractivity contribution in [2.75, 3.05) is 0 Å². The molecule has 0 aromatic heterocycles. The van der Waals surface area contributed by atoms with E-state index in [0.717, 1.165) is 6.07 Å². The molecule has 0 fully saturated rings. The van der Waals surface area contributed by atoms with E-state index >= 15 is 0 Å². The lowest BCUT2D eigenvalue weighted by Gasteiger charge is -1.96. The molecule has 0 spiro atoms. The van der Waals surface area contributed by atoms with Crippen molar-refractivity contribution in [1.29, 1.82) is 0 Å². The fraction of sp³-hybridized carbons (Fsp3) is 0. The quantitative estimate of drug-likeness (QED) is 0.518. The summed E-state index contributed by atoms with van der Waals surface area (Å²) in [6.45, 7) is 0. The van der Waals surface area contributed by atoms with Gasteiger partial charge in [-0.05, 0) is 6.07 Å². The van der Waals surface area contributed by atoms with Gasteiger partial charge >= 0.3 is 0 Å². The maximum absolute atomic E-state index is 13.1. The van der Waals surface area contributed by atoms with Gasteiger partial charge in [-0.15, -0.1) is 0 Å². The van der Waals surface area contributed by atoms with Crippen LogP contribution in [0.15, 0.2) is 18.2 Å². The van der Waals surface area contributed by atoms with Crippen molar-refractivity contribution >= 4 is 12.2 Å². The molecule has 14 heavy (non-hydrogen) atoms. The van der Waals surface area contributed by atoms with E-state index in [0.29, 0.717) is 6.29 Å². The molecule has 1 rings (SSSR count). The predicted octanol–water partition coefficient (Wildman–Crippen LogP) is 0.475. The fourth-order valence-electron chi connectivity index (χ4n) is 0.895. The molecule has 0 unspecified atom stereocenters. The molecule has 4 heteroatoms. The van der Waals surface area contributed by atoms with Gasteiger partial charge in [-0.2, -0.15) is 0 Å². The third-order valence-electron chi connectivity index (χ3n) is 1.48. The van der Waals surface area contributed by atoms with E-state index < -0.39 is 11.7 Å². The molecular formula is C10H6FNO2. The molecule has 1 aromatic rings. The monoisotopic (exact) mass is 191 g/mol. The molecule has 3 nitrogen and oxygen atoms in total. The van der Waals surface area contributed by atoms with Gasteiger partial charge in [0.1, 0.15) is 5.82 Å². The molecule has 0 radical (unpaired) electrons. The standard InChI is InChI=1S/C10H6FNO2/c11-9-3-1-2-7(6-13)8(9)4-5-10(12)14/h1-3,6H,(H2,12,14). The van der Waals surface area contributed by atoms with Crippen molar-refractivity contribution in [1.82, 2.24) is 0 Å². The van der Waals surface area contributed by atoms with E-state index in [9.17, 15) is 14.0 Å². The lowest BCUT2D eigenvalue weighted by atomic mass is 10.1. The highest BCUT2D eigenvalue weighted by atomic mass is 19.1. The highest BCUT2D eigenvalue weighted by Crippen LogP contribution is 2.09. The van der Waals surface area contributed by atoms with Gasteiger partial charge in [0, 0.05) is 11.5 Å². The Kier molecular flexibility index (Phi) is 2.97. The molecule has 70 valence electrons. The first-order valence-electron chi connectivity index (χ1n) is 3.70. The minimum absolute atomic E-state index is 0.0961. The summed E-state index contributed by atoms with van der Waals surface area (Å²) in [5, 5.41) is 0. The lowest BCUT2D eigenvalue weighted by molar-refractivity contribution is -0.112. The van der Waals surface area contributed by atoms with E-state index in [-0.39, 0.29) is 11.1 Å². The van der Waals surface area contributed by atoms with Gasteiger partial charge in [0.05, 0.1) is 5.56 Å². The van der Waals surface area contributed by atoms with Crippen LogP contribution in [0.4, 0.5) is 4.39 Å². The van der Waals surface area contributed by atoms with Crippen LogP contribution in [0.3, 0.4) is 0 Å². The largest absolute Gasteiger partial charge is 0.359 e. The van der Waals surface area contributed by atoms with Gasteiger partial charge in [-0.25, -0.2) is 4.39 Å². The average Bonchev–Trinajstić information content (AvgIpc) is 2.15. The maximum Gasteiger partial charge on any atom is 0.293 e. The summed E-state index contributed by atoms with van der Waals surface area (Å²) in [5.41, 5.74) is 4.74. The van der Waals surface area contributed by atoms with Gasteiger partial charge in [-0.1, -0.05) is 18.1 Å². The number of carbonyl (C=O) groups excluding carboxylic acids is 2. The first-order valence-corrected chi connectivity index (χ1v) is 3.70. The SMILES string of the molecule is NC(=O)C#Cc1c(F)cccc1C=O. The van der Waals surface area contributed by atoms with Crippen molar-refractivity contribution in [2.45, 2.75) is 0 Å². The van der Waals surface area contributed by atoms with Crippen LogP contribution < -0.4 is 5.73 Å². The first-order chi connectivity index (χ1) is 6.65. The molecule has 0 aliphatic rings. The molecule has 0 aliphatic heterocycles. The molecule has 0 aliphatic carbocycles. The number of nitrogens with two attached hydrogens (primary N) is 1. The molecule has 0 saturated carbocycles. The molecule has 2 N–H and O–H groups in total. The molecular weight excluding hydrogens is 185 g/mol. The fourth-order valence-corrected chi connectivity index (χ4v) is 0.895. The van der Waals surface area contributed by atoms with E-state index in [1.807, 2.05) is 5.92 Å². The van der Waals surface area contributed by atoms with Crippen LogP contribution >= 0.6 is 0 Å². The third-order valence-corrected chi connectivity index (χ3v) is 1.48. The van der Waals surface area contributed by atoms with Crippen molar-refractivity contribution < 1.29 is 14.0 Å². The number of benzene rings is 1. The van der Waals surface area contributed by atoms with Gasteiger partial charge in [0.25, 0.3) is 5.91 Å². The highest BCUT2D eigenvalue weighted by Gasteiger charge is 2.04. The molecule has 0 atom stereocenters. The van der Waals surface area contributed by atoms with Gasteiger partial charge in [0.2, 0.25) is 0 Å². The molecule has 0 saturated heterocycles. The van der Waals surface area contributed by atoms with Crippen LogP contribution in [0.1, 0.15) is 15.9 Å². The molecule has 0 bridgehead atoms. The molecule has 1 aromatic carbocycles. The average molecular weight is 191 g/mol. The van der Waals surface area contributed by atoms with Crippen LogP contribution in [0.5, 0.6) is 0 Å². The van der Waals surface area contributed by atoms with Gasteiger partial charge < -0.3 is 5.73 Å². The van der Waals surface area contributed by atoms with Gasteiger partial charge in [-0.3, -0.25) is 9.59 Å². The smallest absolute Gasteiger partial charge is 0.293 e. The Morgan fingerprint density at radius 2 is 2.21 bits per heavy atom. The number of primary amides is 1. The van der Waals surface area contributed by atoms with Crippen molar-refractivity contribution in [3.8, 4) is 11.8 Å². The number of aldehydes is 1. The summed E-state index contributed by atoms with van der Waals surface area (Å²) >= 11 is 0. The van der Waals surface area contributed by atoms with E-state index in [1.165, 1.54) is 12.1 Å². The summed E-state index contributed by atoms with van der Waals surface area (Å²) < 4.78 is 13.1. The number of amides is 1. The zero-order valence-corrected chi connectivity index (χ0v) is 7.08. The second-order valence-corrected chi connectivity index (χ2v) is 2.44. The summed E-state index contributed by atoms with van der Waals surface area (Å²) in [6, 6.07) is 3.94. The summed E-state index contributed by atoms with van der Waals surface area (Å²) in [5.74, 6) is 2.65. The van der Waals surface area contributed by atoms with Crippen LogP contribution in [0.2, 0.25) is 0 Å². The topological polar surface area (TPSA) is 60.2 Å². The first kappa shape index (κ1) is 9.93. The van der Waals surface area contributed by atoms with E-state index in [2.05, 4.69) is 5.92 Å². The summed E-state index contributed by atoms with van der Waals surface area (Å²) in [6.07, 6.45) is 0.466. The van der Waals surface area contributed by atoms with Crippen LogP contribution in [0, 0.1) is 17.7 Å². The second-order valence-electron chi connectivity index (χ2n) is 2.44. The Balaban J connectivity index is 3.26. The van der Waals surface area contributed by atoms with Crippen molar-refractivity contribution in [3.05, 3.63) is 35.1 Å². The summed E-state index contributed by atoms with van der Waals surface area (Å²) in [7, 11) is 0. The number of halogens is 1. The Hall–Kier alpha value is -2.15. The lowest BCUT2D eigenvalue weighted by Crippen LogP contribution is -2.06. The Morgan fingerprint density at radius 1 is 1.50 bits per heavy atom. The second kappa shape index (κ2) is 4.19. The summed E-state index contributed by atoms with van der Waals surface area (Å²) in [4.78, 5) is 20.8. The Morgan fingerprint density at radius 3 is 2.79 bits per heavy atom. The Labute approximate surface area is 79.7 Å². The third kappa shape index (κ3) is 2.17. The number of carbonyl (C=O) groups is 2. The number of hydrogen-bond acceptors (Lipinski definition) is 2. The van der Waals surface area contributed by atoms with E-state index in [1.54, 1.807) is 0 Å². The zero-order chi connectivity index (χ0) is 10.6. The number of hydrogen-bond donors (Lipinski definition) is 1. The number of rotatable bonds is 1. The Bertz CT molecular complexity index is 443. The minimum Gasteiger partial charge on any atom is -0.359 e. The van der Waals surface area contributed by atoms with Crippen molar-refractivity contribution in [2.24, 2.45) is 5.73 Å². The highest BCUT2D eigenvalue weighted by molar-refractivity contribution is 5.93. The molecule has 1 amide bonds. The van der Waals surface area contributed by atoms with Gasteiger partial charge in [0.15, 0.2) is 6.29 Å². The van der Waals surface area contributed by atoms with Crippen LogP contribution in [-0.4, -0.2) is 12.2 Å². The van der Waals surface area contributed by atoms with Crippen molar-refractivity contribution in [3.63, 3.8) is 0 Å². The predicted molar refractivity (Wildman–Crippen MR) is 47.9 cm³/mol. The van der Waals surface area contributed by atoms with E-state index in [4.69, 9.17) is 5.73 Å².